The van der Waals surface area contributed by atoms with E-state index in [2.05, 4.69) is 10.7 Å². The van der Waals surface area contributed by atoms with Crippen molar-refractivity contribution in [2.75, 3.05) is 20.7 Å². The number of likely N-dealkylation sites (N-methyl/N-ethyl adjacent to an activating group) is 1. The zero-order valence-corrected chi connectivity index (χ0v) is 9.28. The monoisotopic (exact) mass is 211 g/mol. The third-order valence-electron chi connectivity index (χ3n) is 1.98. The number of nitrogens with zero attached hydrogens (tertiary/aromatic N) is 1. The predicted molar refractivity (Wildman–Crippen MR) is 57.0 cm³/mol. The number of carbonyl (C=O) groups excluding carboxylic acids is 2. The lowest BCUT2D eigenvalue weighted by molar-refractivity contribution is -0.146. The first-order valence-corrected chi connectivity index (χ1v) is 4.86. The summed E-state index contributed by atoms with van der Waals surface area (Å²) in [4.78, 5) is 23.6. The van der Waals surface area contributed by atoms with Crippen molar-refractivity contribution in [2.24, 2.45) is 0 Å². The van der Waals surface area contributed by atoms with Crippen LogP contribution in [0.15, 0.2) is 0 Å². The first-order chi connectivity index (χ1) is 7.11. The molecule has 0 heterocycles. The molecule has 0 aliphatic rings. The number of ether oxygens (including phenoxy) is 1. The second-order valence-corrected chi connectivity index (χ2v) is 3.24. The van der Waals surface area contributed by atoms with Crippen LogP contribution in [0.5, 0.6) is 0 Å². The van der Waals surface area contributed by atoms with E-state index in [1.54, 1.807) is 7.05 Å². The van der Waals surface area contributed by atoms with Crippen molar-refractivity contribution >= 4 is 11.9 Å². The Morgan fingerprint density at radius 3 is 2.60 bits per heavy atom. The highest BCUT2D eigenvalue weighted by Crippen LogP contribution is 2.01. The van der Waals surface area contributed by atoms with Gasteiger partial charge in [-0.1, -0.05) is 0 Å². The molecule has 4 nitrogen and oxygen atoms in total. The summed E-state index contributed by atoms with van der Waals surface area (Å²) >= 11 is 0. The SMILES string of the molecule is C#CCCCCC(=O)N(C)CC(=O)OC. The molecule has 0 saturated carbocycles. The largest absolute Gasteiger partial charge is 0.468 e. The van der Waals surface area contributed by atoms with E-state index in [0.717, 1.165) is 12.8 Å². The Labute approximate surface area is 90.6 Å². The predicted octanol–water partition coefficient (Wildman–Crippen LogP) is 0.811. The average Bonchev–Trinajstić information content (AvgIpc) is 2.23. The molecule has 0 unspecified atom stereocenters. The van der Waals surface area contributed by atoms with E-state index in [1.165, 1.54) is 12.0 Å². The molecule has 4 heteroatoms. The number of hydrogen-bond donors (Lipinski definition) is 0. The normalized spacial score (nSPS) is 9.13. The van der Waals surface area contributed by atoms with E-state index in [9.17, 15) is 9.59 Å². The van der Waals surface area contributed by atoms with Crippen molar-refractivity contribution in [3.8, 4) is 12.3 Å². The van der Waals surface area contributed by atoms with E-state index in [0.29, 0.717) is 12.8 Å². The van der Waals surface area contributed by atoms with Crippen molar-refractivity contribution in [1.82, 2.24) is 4.90 Å². The van der Waals surface area contributed by atoms with Gasteiger partial charge in [0.25, 0.3) is 0 Å². The first-order valence-electron chi connectivity index (χ1n) is 4.86. The van der Waals surface area contributed by atoms with Gasteiger partial charge in [-0.15, -0.1) is 12.3 Å². The minimum atomic E-state index is -0.408. The van der Waals surface area contributed by atoms with E-state index >= 15 is 0 Å². The van der Waals surface area contributed by atoms with Gasteiger partial charge in [-0.3, -0.25) is 9.59 Å². The highest BCUT2D eigenvalue weighted by atomic mass is 16.5. The van der Waals surface area contributed by atoms with Gasteiger partial charge in [0.1, 0.15) is 6.54 Å². The van der Waals surface area contributed by atoms with Crippen LogP contribution in [0.3, 0.4) is 0 Å². The standard InChI is InChI=1S/C11H17NO3/c1-4-5-6-7-8-10(13)12(2)9-11(14)15-3/h1H,5-9H2,2-3H3. The van der Waals surface area contributed by atoms with Gasteiger partial charge in [-0.25, -0.2) is 0 Å². The van der Waals surface area contributed by atoms with Gasteiger partial charge in [-0.2, -0.15) is 0 Å². The number of terminal acetylenes is 1. The van der Waals surface area contributed by atoms with Crippen LogP contribution in [-0.2, 0) is 14.3 Å². The minimum absolute atomic E-state index is 0.00444. The van der Waals surface area contributed by atoms with E-state index in [4.69, 9.17) is 6.42 Å². The Morgan fingerprint density at radius 1 is 1.40 bits per heavy atom. The fourth-order valence-electron chi connectivity index (χ4n) is 1.04. The first kappa shape index (κ1) is 13.5. The number of rotatable bonds is 6. The van der Waals surface area contributed by atoms with Crippen LogP contribution in [0.4, 0.5) is 0 Å². The zero-order chi connectivity index (χ0) is 11.7. The number of unbranched alkanes of at least 4 members (excludes halogenated alkanes) is 2. The Bertz CT molecular complexity index is 255. The van der Waals surface area contributed by atoms with Crippen molar-refractivity contribution in [3.05, 3.63) is 0 Å². The van der Waals surface area contributed by atoms with Crippen LogP contribution in [-0.4, -0.2) is 37.5 Å². The fourth-order valence-corrected chi connectivity index (χ4v) is 1.04. The maximum absolute atomic E-state index is 11.4. The second-order valence-electron chi connectivity index (χ2n) is 3.24. The fraction of sp³-hybridized carbons (Fsp3) is 0.636. The zero-order valence-electron chi connectivity index (χ0n) is 9.28. The maximum atomic E-state index is 11.4. The Kier molecular flexibility index (Phi) is 7.08. The van der Waals surface area contributed by atoms with Crippen LogP contribution >= 0.6 is 0 Å². The molecule has 0 aromatic heterocycles. The lowest BCUT2D eigenvalue weighted by atomic mass is 10.2. The van der Waals surface area contributed by atoms with Gasteiger partial charge in [-0.05, 0) is 12.8 Å². The summed E-state index contributed by atoms with van der Waals surface area (Å²) in [5.74, 6) is 2.05. The molecule has 1 amide bonds. The molecule has 0 fully saturated rings. The highest BCUT2D eigenvalue weighted by Gasteiger charge is 2.11. The van der Waals surface area contributed by atoms with E-state index < -0.39 is 5.97 Å². The minimum Gasteiger partial charge on any atom is -0.468 e. The van der Waals surface area contributed by atoms with Crippen LogP contribution < -0.4 is 0 Å². The lowest BCUT2D eigenvalue weighted by Crippen LogP contribution is -2.32. The van der Waals surface area contributed by atoms with Crippen molar-refractivity contribution in [2.45, 2.75) is 25.7 Å². The van der Waals surface area contributed by atoms with Crippen molar-refractivity contribution in [1.29, 1.82) is 0 Å². The Balaban J connectivity index is 3.70. The van der Waals surface area contributed by atoms with Crippen LogP contribution in [0.2, 0.25) is 0 Å². The number of carbonyl (C=O) groups is 2. The summed E-state index contributed by atoms with van der Waals surface area (Å²) in [6.45, 7) is 0.00444. The molecule has 0 atom stereocenters. The summed E-state index contributed by atoms with van der Waals surface area (Å²) in [6.07, 6.45) is 7.80. The van der Waals surface area contributed by atoms with Gasteiger partial charge in [0.2, 0.25) is 5.91 Å². The van der Waals surface area contributed by atoms with Crippen LogP contribution in [0.25, 0.3) is 0 Å². The molecule has 0 bridgehead atoms. The second kappa shape index (κ2) is 7.86. The quantitative estimate of drug-likeness (QED) is 0.371. The third kappa shape index (κ3) is 6.55. The van der Waals surface area contributed by atoms with E-state index in [1.807, 2.05) is 0 Å². The number of esters is 1. The molecule has 0 aromatic rings. The summed E-state index contributed by atoms with van der Waals surface area (Å²) in [7, 11) is 2.88. The molecule has 0 aromatic carbocycles. The Hall–Kier alpha value is -1.50. The van der Waals surface area contributed by atoms with Gasteiger partial charge < -0.3 is 9.64 Å². The summed E-state index contributed by atoms with van der Waals surface area (Å²) in [5, 5.41) is 0. The summed E-state index contributed by atoms with van der Waals surface area (Å²) in [6, 6.07) is 0. The van der Waals surface area contributed by atoms with Gasteiger partial charge >= 0.3 is 5.97 Å². The maximum Gasteiger partial charge on any atom is 0.325 e. The molecule has 0 spiro atoms. The third-order valence-corrected chi connectivity index (χ3v) is 1.98. The van der Waals surface area contributed by atoms with Crippen molar-refractivity contribution < 1.29 is 14.3 Å². The molecular weight excluding hydrogens is 194 g/mol. The Morgan fingerprint density at radius 2 is 2.07 bits per heavy atom. The molecule has 0 saturated heterocycles. The van der Waals surface area contributed by atoms with E-state index in [-0.39, 0.29) is 12.5 Å². The molecule has 84 valence electrons. The number of hydrogen-bond acceptors (Lipinski definition) is 3. The summed E-state index contributed by atoms with van der Waals surface area (Å²) < 4.78 is 4.45. The van der Waals surface area contributed by atoms with Gasteiger partial charge in [0.15, 0.2) is 0 Å². The molecule has 0 N–H and O–H groups in total. The topological polar surface area (TPSA) is 46.6 Å². The highest BCUT2D eigenvalue weighted by molar-refractivity contribution is 5.81. The average molecular weight is 211 g/mol. The van der Waals surface area contributed by atoms with Crippen LogP contribution in [0.1, 0.15) is 25.7 Å². The molecule has 0 radical (unpaired) electrons. The summed E-state index contributed by atoms with van der Waals surface area (Å²) in [5.41, 5.74) is 0. The van der Waals surface area contributed by atoms with Gasteiger partial charge in [0, 0.05) is 19.9 Å². The number of amides is 1. The lowest BCUT2D eigenvalue weighted by Gasteiger charge is -2.15. The van der Waals surface area contributed by atoms with Gasteiger partial charge in [0.05, 0.1) is 7.11 Å². The molecular formula is C11H17NO3. The molecule has 0 aliphatic heterocycles. The molecule has 0 rings (SSSR count). The van der Waals surface area contributed by atoms with Crippen molar-refractivity contribution in [3.63, 3.8) is 0 Å². The smallest absolute Gasteiger partial charge is 0.325 e. The number of methoxy groups -OCH3 is 1. The molecule has 0 aliphatic carbocycles. The van der Waals surface area contributed by atoms with Crippen LogP contribution in [0, 0.1) is 12.3 Å². The molecule has 15 heavy (non-hydrogen) atoms.